The van der Waals surface area contributed by atoms with Gasteiger partial charge in [0.15, 0.2) is 5.16 Å². The molecule has 0 aliphatic carbocycles. The zero-order valence-corrected chi connectivity index (χ0v) is 17.8. The number of thioether (sulfide) groups is 1. The number of hydrogen-bond acceptors (Lipinski definition) is 3. The van der Waals surface area contributed by atoms with E-state index in [1.807, 2.05) is 0 Å². The fraction of sp³-hybridized carbons (Fsp3) is 0.818. The fourth-order valence-electron chi connectivity index (χ4n) is 3.24. The predicted molar refractivity (Wildman–Crippen MR) is 115 cm³/mol. The summed E-state index contributed by atoms with van der Waals surface area (Å²) >= 11 is 1.65. The molecule has 0 radical (unpaired) electrons. The Balaban J connectivity index is 1.74. The third-order valence-electron chi connectivity index (χ3n) is 4.88. The molecule has 0 unspecified atom stereocenters. The van der Waals surface area contributed by atoms with Crippen molar-refractivity contribution in [3.05, 3.63) is 22.6 Å². The van der Waals surface area contributed by atoms with Gasteiger partial charge in [0.2, 0.25) is 0 Å². The Kier molecular flexibility index (Phi) is 15.8. The molecule has 0 fully saturated rings. The summed E-state index contributed by atoms with van der Waals surface area (Å²) < 4.78 is 0. The van der Waals surface area contributed by atoms with Crippen LogP contribution in [0.25, 0.3) is 0 Å². The summed E-state index contributed by atoms with van der Waals surface area (Å²) in [7, 11) is 0. The van der Waals surface area contributed by atoms with Crippen molar-refractivity contribution in [1.82, 2.24) is 9.97 Å². The molecule has 0 spiro atoms. The molecule has 0 aliphatic rings. The van der Waals surface area contributed by atoms with Crippen molar-refractivity contribution in [2.75, 3.05) is 5.75 Å². The summed E-state index contributed by atoms with van der Waals surface area (Å²) in [6.07, 6.45) is 24.0. The average molecular weight is 381 g/mol. The van der Waals surface area contributed by atoms with Crippen molar-refractivity contribution < 1.29 is 0 Å². The van der Waals surface area contributed by atoms with Crippen LogP contribution in [-0.2, 0) is 0 Å². The lowest BCUT2D eigenvalue weighted by Gasteiger charge is -2.03. The van der Waals surface area contributed by atoms with Crippen molar-refractivity contribution in [1.29, 1.82) is 0 Å². The Labute approximate surface area is 165 Å². The molecule has 0 saturated heterocycles. The minimum atomic E-state index is -0.0607. The first-order valence-electron chi connectivity index (χ1n) is 11.0. The molecule has 26 heavy (non-hydrogen) atoms. The lowest BCUT2D eigenvalue weighted by Crippen LogP contribution is -2.05. The summed E-state index contributed by atoms with van der Waals surface area (Å²) in [5, 5.41) is 0.749. The highest BCUT2D eigenvalue weighted by Gasteiger charge is 1.97. The summed E-state index contributed by atoms with van der Waals surface area (Å²) in [4.78, 5) is 18.1. The molecule has 0 aromatic carbocycles. The monoisotopic (exact) mass is 380 g/mol. The van der Waals surface area contributed by atoms with Crippen molar-refractivity contribution in [3.8, 4) is 0 Å². The topological polar surface area (TPSA) is 45.8 Å². The van der Waals surface area contributed by atoms with E-state index in [0.29, 0.717) is 0 Å². The van der Waals surface area contributed by atoms with Gasteiger partial charge in [-0.2, -0.15) is 0 Å². The third kappa shape index (κ3) is 14.4. The minimum absolute atomic E-state index is 0.0607. The maximum atomic E-state index is 11.2. The van der Waals surface area contributed by atoms with Crippen LogP contribution >= 0.6 is 11.8 Å². The largest absolute Gasteiger partial charge is 0.301 e. The summed E-state index contributed by atoms with van der Waals surface area (Å²) in [5.74, 6) is 1.05. The third-order valence-corrected chi connectivity index (χ3v) is 5.86. The van der Waals surface area contributed by atoms with E-state index >= 15 is 0 Å². The van der Waals surface area contributed by atoms with Crippen LogP contribution in [0.4, 0.5) is 0 Å². The molecule has 1 rings (SSSR count). The molecule has 4 heteroatoms. The van der Waals surface area contributed by atoms with Crippen molar-refractivity contribution in [3.63, 3.8) is 0 Å². The lowest BCUT2D eigenvalue weighted by molar-refractivity contribution is 0.531. The summed E-state index contributed by atoms with van der Waals surface area (Å²) in [5.41, 5.74) is -0.0607. The van der Waals surface area contributed by atoms with Crippen molar-refractivity contribution >= 4 is 11.8 Å². The Morgan fingerprint density at radius 3 is 1.69 bits per heavy atom. The van der Waals surface area contributed by atoms with Crippen LogP contribution in [-0.4, -0.2) is 15.7 Å². The highest BCUT2D eigenvalue weighted by molar-refractivity contribution is 7.99. The number of nitrogens with zero attached hydrogens (tertiary/aromatic N) is 1. The molecule has 1 aromatic rings. The lowest BCUT2D eigenvalue weighted by atomic mass is 10.0. The van der Waals surface area contributed by atoms with Gasteiger partial charge in [0.25, 0.3) is 5.56 Å². The van der Waals surface area contributed by atoms with E-state index in [0.717, 1.165) is 10.9 Å². The van der Waals surface area contributed by atoms with Crippen LogP contribution in [0.5, 0.6) is 0 Å². The average Bonchev–Trinajstić information content (AvgIpc) is 2.64. The van der Waals surface area contributed by atoms with Crippen LogP contribution in [0.1, 0.15) is 110 Å². The smallest absolute Gasteiger partial charge is 0.251 e. The second-order valence-electron chi connectivity index (χ2n) is 7.39. The number of hydrogen-bond donors (Lipinski definition) is 1. The van der Waals surface area contributed by atoms with Gasteiger partial charge in [-0.05, 0) is 6.42 Å². The predicted octanol–water partition coefficient (Wildman–Crippen LogP) is 7.12. The number of aromatic amines is 1. The SMILES string of the molecule is CCCCCCCCCCCCCCCCCCSc1nccc(=O)[nH]1. The van der Waals surface area contributed by atoms with Gasteiger partial charge < -0.3 is 4.98 Å². The molecule has 0 saturated carbocycles. The van der Waals surface area contributed by atoms with E-state index in [-0.39, 0.29) is 5.56 Å². The zero-order valence-electron chi connectivity index (χ0n) is 16.9. The van der Waals surface area contributed by atoms with E-state index in [4.69, 9.17) is 0 Å². The number of unbranched alkanes of at least 4 members (excludes halogenated alkanes) is 15. The second kappa shape index (κ2) is 17.6. The number of aromatic nitrogens is 2. The van der Waals surface area contributed by atoms with E-state index in [1.54, 1.807) is 18.0 Å². The van der Waals surface area contributed by atoms with Crippen LogP contribution in [0.3, 0.4) is 0 Å². The Morgan fingerprint density at radius 2 is 1.23 bits per heavy atom. The first-order valence-corrected chi connectivity index (χ1v) is 12.0. The zero-order chi connectivity index (χ0) is 18.7. The quantitative estimate of drug-likeness (QED) is 0.167. The first-order chi connectivity index (χ1) is 12.8. The fourth-order valence-corrected chi connectivity index (χ4v) is 4.09. The molecule has 0 bridgehead atoms. The molecule has 1 N–H and O–H groups in total. The van der Waals surface area contributed by atoms with Crippen LogP contribution in [0, 0.1) is 0 Å². The molecular formula is C22H40N2OS. The van der Waals surface area contributed by atoms with Gasteiger partial charge in [0, 0.05) is 18.0 Å². The molecule has 1 heterocycles. The van der Waals surface area contributed by atoms with E-state index in [1.165, 1.54) is 109 Å². The van der Waals surface area contributed by atoms with Crippen LogP contribution < -0.4 is 5.56 Å². The van der Waals surface area contributed by atoms with Crippen molar-refractivity contribution in [2.45, 2.75) is 115 Å². The standard InChI is InChI=1S/C22H40N2OS/c1-2-3-4-5-6-7-8-9-10-11-12-13-14-15-16-17-20-26-22-23-19-18-21(25)24-22/h18-19H,2-17,20H2,1H3,(H,23,24,25). The highest BCUT2D eigenvalue weighted by atomic mass is 32.2. The number of H-pyrrole nitrogens is 1. The van der Waals surface area contributed by atoms with E-state index < -0.39 is 0 Å². The molecular weight excluding hydrogens is 340 g/mol. The van der Waals surface area contributed by atoms with Gasteiger partial charge in [0.05, 0.1) is 0 Å². The van der Waals surface area contributed by atoms with Crippen LogP contribution in [0.15, 0.2) is 22.2 Å². The summed E-state index contributed by atoms with van der Waals surface area (Å²) in [6.45, 7) is 2.28. The normalized spacial score (nSPS) is 11.1. The van der Waals surface area contributed by atoms with Gasteiger partial charge in [-0.3, -0.25) is 4.79 Å². The summed E-state index contributed by atoms with van der Waals surface area (Å²) in [6, 6.07) is 1.46. The minimum Gasteiger partial charge on any atom is -0.301 e. The maximum absolute atomic E-state index is 11.2. The van der Waals surface area contributed by atoms with Gasteiger partial charge in [-0.15, -0.1) is 0 Å². The Hall–Kier alpha value is -0.770. The molecule has 150 valence electrons. The Bertz CT molecular complexity index is 475. The number of rotatable bonds is 18. The highest BCUT2D eigenvalue weighted by Crippen LogP contribution is 2.16. The maximum Gasteiger partial charge on any atom is 0.251 e. The molecule has 1 aromatic heterocycles. The molecule has 0 amide bonds. The van der Waals surface area contributed by atoms with Gasteiger partial charge in [-0.1, -0.05) is 115 Å². The molecule has 0 aliphatic heterocycles. The van der Waals surface area contributed by atoms with Gasteiger partial charge in [-0.25, -0.2) is 4.98 Å². The van der Waals surface area contributed by atoms with Crippen molar-refractivity contribution in [2.24, 2.45) is 0 Å². The Morgan fingerprint density at radius 1 is 0.769 bits per heavy atom. The van der Waals surface area contributed by atoms with Gasteiger partial charge in [0.1, 0.15) is 0 Å². The number of nitrogens with one attached hydrogen (secondary N) is 1. The molecule has 0 atom stereocenters. The molecule has 3 nitrogen and oxygen atoms in total. The van der Waals surface area contributed by atoms with Crippen LogP contribution in [0.2, 0.25) is 0 Å². The second-order valence-corrected chi connectivity index (χ2v) is 8.47. The first kappa shape index (κ1) is 23.3. The van der Waals surface area contributed by atoms with E-state index in [2.05, 4.69) is 16.9 Å². The van der Waals surface area contributed by atoms with E-state index in [9.17, 15) is 4.79 Å². The van der Waals surface area contributed by atoms with Gasteiger partial charge >= 0.3 is 0 Å².